The number of carbonyl (C=O) groups excluding carboxylic acids is 2. The van der Waals surface area contributed by atoms with Gasteiger partial charge in [-0.15, -0.1) is 0 Å². The molecule has 0 fully saturated rings. The van der Waals surface area contributed by atoms with E-state index in [1.54, 1.807) is 14.0 Å². The zero-order valence-corrected chi connectivity index (χ0v) is 23.8. The number of hydrogen-bond donors (Lipinski definition) is 1. The molecule has 3 aromatic rings. The van der Waals surface area contributed by atoms with Crippen LogP contribution in [0, 0.1) is 6.92 Å². The number of ether oxygens (including phenoxy) is 1. The van der Waals surface area contributed by atoms with Crippen LogP contribution in [0.4, 0.5) is 0 Å². The summed E-state index contributed by atoms with van der Waals surface area (Å²) in [4.78, 5) is 23.5. The van der Waals surface area contributed by atoms with E-state index in [1.807, 2.05) is 49.4 Å². The van der Waals surface area contributed by atoms with E-state index >= 15 is 0 Å². The number of aromatic nitrogens is 1. The van der Waals surface area contributed by atoms with E-state index in [-0.39, 0.29) is 5.78 Å². The second-order valence-corrected chi connectivity index (χ2v) is 9.01. The number of Topliss-reactive ketones (excluding diaryl/α,β-unsaturated/α-hetero) is 1. The molecule has 0 aliphatic rings. The molecule has 0 unspecified atom stereocenters. The lowest BCUT2D eigenvalue weighted by molar-refractivity contribution is -0.116. The van der Waals surface area contributed by atoms with Crippen LogP contribution in [0.15, 0.2) is 48.5 Å². The molecule has 5 nitrogen and oxygen atoms in total. The molecule has 1 heterocycles. The van der Waals surface area contributed by atoms with Crippen LogP contribution >= 0.6 is 0 Å². The van der Waals surface area contributed by atoms with Crippen molar-refractivity contribution in [1.82, 2.24) is 4.57 Å². The van der Waals surface area contributed by atoms with Crippen molar-refractivity contribution in [2.45, 2.75) is 79.6 Å². The zero-order valence-electron chi connectivity index (χ0n) is 23.8. The molecular formula is C32H45NO4. The van der Waals surface area contributed by atoms with Crippen molar-refractivity contribution in [2.24, 2.45) is 0 Å². The van der Waals surface area contributed by atoms with Crippen LogP contribution in [0.1, 0.15) is 87.0 Å². The number of aliphatic hydroxyl groups is 1. The van der Waals surface area contributed by atoms with Crippen molar-refractivity contribution >= 4 is 12.1 Å². The molecule has 0 bridgehead atoms. The summed E-state index contributed by atoms with van der Waals surface area (Å²) in [7, 11) is 2.69. The molecule has 0 aliphatic carbocycles. The van der Waals surface area contributed by atoms with Gasteiger partial charge in [-0.1, -0.05) is 76.8 Å². The summed E-state index contributed by atoms with van der Waals surface area (Å²) in [6.45, 7) is 10.2. The molecule has 1 aromatic heterocycles. The highest BCUT2D eigenvalue weighted by Crippen LogP contribution is 2.36. The van der Waals surface area contributed by atoms with E-state index in [1.165, 1.54) is 19.3 Å². The second-order valence-electron chi connectivity index (χ2n) is 9.01. The lowest BCUT2D eigenvalue weighted by atomic mass is 9.99. The fourth-order valence-electron chi connectivity index (χ4n) is 4.34. The second kappa shape index (κ2) is 17.3. The Kier molecular flexibility index (Phi) is 14.9. The van der Waals surface area contributed by atoms with Crippen molar-refractivity contribution in [1.29, 1.82) is 0 Å². The zero-order chi connectivity index (χ0) is 27.8. The number of carbonyl (C=O) groups is 2. The fraction of sp³-hybridized carbons (Fsp3) is 0.438. The number of unbranched alkanes of at least 4 members (excludes halogenated alkanes) is 2. The summed E-state index contributed by atoms with van der Waals surface area (Å²) in [6, 6.07) is 16.1. The molecule has 5 heteroatoms. The topological polar surface area (TPSA) is 68.5 Å². The maximum Gasteiger partial charge on any atom is 0.152 e. The number of nitrogens with zero attached hydrogens (tertiary/aromatic N) is 1. The van der Waals surface area contributed by atoms with Crippen LogP contribution in [0.25, 0.3) is 16.9 Å². The van der Waals surface area contributed by atoms with Gasteiger partial charge in [-0.05, 0) is 56.0 Å². The van der Waals surface area contributed by atoms with E-state index < -0.39 is 0 Å². The number of rotatable bonds is 11. The number of ketones is 1. The molecule has 0 amide bonds. The average Bonchev–Trinajstić information content (AvgIpc) is 3.26. The predicted octanol–water partition coefficient (Wildman–Crippen LogP) is 7.55. The first-order valence-corrected chi connectivity index (χ1v) is 13.3. The van der Waals surface area contributed by atoms with Gasteiger partial charge in [0.05, 0.1) is 18.5 Å². The number of methoxy groups -OCH3 is 1. The van der Waals surface area contributed by atoms with E-state index in [9.17, 15) is 9.59 Å². The Hall–Kier alpha value is -3.18. The molecule has 1 N–H and O–H groups in total. The van der Waals surface area contributed by atoms with Gasteiger partial charge in [-0.2, -0.15) is 0 Å². The number of hydrogen-bond acceptors (Lipinski definition) is 4. The van der Waals surface area contributed by atoms with Crippen molar-refractivity contribution < 1.29 is 19.4 Å². The van der Waals surface area contributed by atoms with Gasteiger partial charge in [-0.3, -0.25) is 4.79 Å². The van der Waals surface area contributed by atoms with E-state index in [2.05, 4.69) is 31.4 Å². The first-order valence-electron chi connectivity index (χ1n) is 13.3. The maximum atomic E-state index is 11.9. The summed E-state index contributed by atoms with van der Waals surface area (Å²) in [5.74, 6) is 0.992. The average molecular weight is 508 g/mol. The van der Waals surface area contributed by atoms with Crippen molar-refractivity contribution in [3.05, 3.63) is 70.9 Å². The Morgan fingerprint density at radius 3 is 2.11 bits per heavy atom. The first-order chi connectivity index (χ1) is 17.9. The normalized spacial score (nSPS) is 10.1. The van der Waals surface area contributed by atoms with Crippen molar-refractivity contribution in [3.8, 4) is 22.7 Å². The molecule has 0 saturated carbocycles. The quantitative estimate of drug-likeness (QED) is 0.272. The predicted molar refractivity (Wildman–Crippen MR) is 154 cm³/mol. The van der Waals surface area contributed by atoms with Gasteiger partial charge in [0, 0.05) is 30.4 Å². The number of aryl methyl sites for hydroxylation is 2. The maximum absolute atomic E-state index is 11.9. The highest BCUT2D eigenvalue weighted by atomic mass is 16.5. The lowest BCUT2D eigenvalue weighted by Gasteiger charge is -2.20. The van der Waals surface area contributed by atoms with Gasteiger partial charge in [-0.25, -0.2) is 0 Å². The summed E-state index contributed by atoms with van der Waals surface area (Å²) in [6.07, 6.45) is 7.97. The largest absolute Gasteiger partial charge is 0.496 e. The minimum absolute atomic E-state index is 0.165. The minimum Gasteiger partial charge on any atom is -0.496 e. The van der Waals surface area contributed by atoms with Crippen LogP contribution in [-0.2, 0) is 17.6 Å². The summed E-state index contributed by atoms with van der Waals surface area (Å²) >= 11 is 0. The number of aldehydes is 1. The molecule has 202 valence electrons. The summed E-state index contributed by atoms with van der Waals surface area (Å²) < 4.78 is 7.91. The standard InChI is InChI=1S/C26H29NO3.C5H12.CH4O/c1-5-9-23-24(15-20(13-12-19(3)29)16-25(23)30-4)27-18(2)14-22(17-28)26(27)21-10-7-6-8-11-21;1-3-5-4-2;1-2/h6-8,10-11,14-17H,5,9,12-13H2,1-4H3;3-5H2,1-2H3;2H,1H3. The van der Waals surface area contributed by atoms with Crippen LogP contribution in [0.2, 0.25) is 0 Å². The van der Waals surface area contributed by atoms with Gasteiger partial charge < -0.3 is 19.2 Å². The van der Waals surface area contributed by atoms with E-state index in [4.69, 9.17) is 9.84 Å². The van der Waals surface area contributed by atoms with Gasteiger partial charge in [0.2, 0.25) is 0 Å². The van der Waals surface area contributed by atoms with Gasteiger partial charge in [0.15, 0.2) is 6.29 Å². The Labute approximate surface area is 223 Å². The third-order valence-electron chi connectivity index (χ3n) is 6.07. The Bertz CT molecular complexity index is 1100. The molecule has 0 atom stereocenters. The van der Waals surface area contributed by atoms with Crippen molar-refractivity contribution in [3.63, 3.8) is 0 Å². The molecule has 2 aromatic carbocycles. The Balaban J connectivity index is 0.000000874. The highest BCUT2D eigenvalue weighted by molar-refractivity contribution is 5.88. The Morgan fingerprint density at radius 1 is 0.973 bits per heavy atom. The van der Waals surface area contributed by atoms with Gasteiger partial charge in [0.25, 0.3) is 0 Å². The number of aliphatic hydroxyl groups excluding tert-OH is 1. The smallest absolute Gasteiger partial charge is 0.152 e. The molecule has 0 spiro atoms. The van der Waals surface area contributed by atoms with E-state index in [0.29, 0.717) is 18.4 Å². The SMILES string of the molecule is CCCCC.CCCc1c(OC)cc(CCC(C)=O)cc1-n1c(C)cc(C=O)c1-c1ccccc1.CO. The lowest BCUT2D eigenvalue weighted by Crippen LogP contribution is -2.08. The molecule has 0 radical (unpaired) electrons. The van der Waals surface area contributed by atoms with E-state index in [0.717, 1.165) is 65.8 Å². The van der Waals surface area contributed by atoms with Crippen molar-refractivity contribution in [2.75, 3.05) is 14.2 Å². The summed E-state index contributed by atoms with van der Waals surface area (Å²) in [5.41, 5.74) is 6.69. The van der Waals surface area contributed by atoms with Gasteiger partial charge in [0.1, 0.15) is 11.5 Å². The molecule has 3 rings (SSSR count). The third-order valence-corrected chi connectivity index (χ3v) is 6.07. The minimum atomic E-state index is 0.165. The third kappa shape index (κ3) is 9.01. The van der Waals surface area contributed by atoms with Gasteiger partial charge >= 0.3 is 0 Å². The van der Waals surface area contributed by atoms with Crippen LogP contribution < -0.4 is 4.74 Å². The fourth-order valence-corrected chi connectivity index (χ4v) is 4.34. The van der Waals surface area contributed by atoms with Crippen LogP contribution in [-0.4, -0.2) is 36.0 Å². The van der Waals surface area contributed by atoms with Crippen LogP contribution in [0.3, 0.4) is 0 Å². The molecule has 0 saturated heterocycles. The first kappa shape index (κ1) is 31.8. The Morgan fingerprint density at radius 2 is 1.62 bits per heavy atom. The monoisotopic (exact) mass is 507 g/mol. The van der Waals surface area contributed by atoms with Crippen LogP contribution in [0.5, 0.6) is 5.75 Å². The summed E-state index contributed by atoms with van der Waals surface area (Å²) in [5, 5.41) is 7.00. The highest BCUT2D eigenvalue weighted by Gasteiger charge is 2.20. The molecule has 37 heavy (non-hydrogen) atoms. The molecular weight excluding hydrogens is 462 g/mol. The molecule has 0 aliphatic heterocycles. The number of benzene rings is 2.